The molecule has 1 aliphatic heterocycles. The highest BCUT2D eigenvalue weighted by Gasteiger charge is 2.44. The predicted octanol–water partition coefficient (Wildman–Crippen LogP) is 2.51. The molecule has 90 valence electrons. The van der Waals surface area contributed by atoms with Crippen molar-refractivity contribution >= 4 is 5.78 Å². The molecule has 1 aliphatic rings. The number of hydrogen-bond acceptors (Lipinski definition) is 3. The van der Waals surface area contributed by atoms with E-state index in [2.05, 4.69) is 6.92 Å². The van der Waals surface area contributed by atoms with Crippen LogP contribution < -0.4 is 0 Å². The Morgan fingerprint density at radius 2 is 2.00 bits per heavy atom. The molecule has 0 fully saturated rings. The van der Waals surface area contributed by atoms with E-state index in [0.29, 0.717) is 17.7 Å². The van der Waals surface area contributed by atoms with Crippen molar-refractivity contribution in [1.29, 1.82) is 0 Å². The number of rotatable bonds is 4. The van der Waals surface area contributed by atoms with Gasteiger partial charge in [-0.25, -0.2) is 0 Å². The van der Waals surface area contributed by atoms with Crippen LogP contribution in [0.25, 0.3) is 0 Å². The Kier molecular flexibility index (Phi) is 3.29. The van der Waals surface area contributed by atoms with Gasteiger partial charge in [-0.2, -0.15) is 0 Å². The third-order valence-corrected chi connectivity index (χ3v) is 2.85. The average Bonchev–Trinajstić information content (AvgIpc) is 2.65. The van der Waals surface area contributed by atoms with Gasteiger partial charge in [0.2, 0.25) is 5.78 Å². The molecule has 3 heteroatoms. The van der Waals surface area contributed by atoms with Crippen LogP contribution in [-0.2, 0) is 15.3 Å². The first kappa shape index (κ1) is 11.9. The lowest BCUT2D eigenvalue weighted by molar-refractivity contribution is -0.182. The Labute approximate surface area is 101 Å². The molecule has 17 heavy (non-hydrogen) atoms. The van der Waals surface area contributed by atoms with Gasteiger partial charge >= 0.3 is 0 Å². The molecule has 2 rings (SSSR count). The molecule has 0 bridgehead atoms. The number of benzene rings is 1. The van der Waals surface area contributed by atoms with Gasteiger partial charge in [-0.3, -0.25) is 4.79 Å². The molecule has 1 atom stereocenters. The molecule has 1 aromatic carbocycles. The molecule has 0 radical (unpaired) electrons. The van der Waals surface area contributed by atoms with Crippen LogP contribution in [0.5, 0.6) is 0 Å². The van der Waals surface area contributed by atoms with E-state index in [0.717, 1.165) is 12.8 Å². The van der Waals surface area contributed by atoms with Crippen LogP contribution >= 0.6 is 0 Å². The van der Waals surface area contributed by atoms with Gasteiger partial charge in [0.15, 0.2) is 0 Å². The van der Waals surface area contributed by atoms with Gasteiger partial charge in [-0.05, 0) is 6.42 Å². The predicted molar refractivity (Wildman–Crippen MR) is 64.0 cm³/mol. The van der Waals surface area contributed by atoms with Crippen LogP contribution in [0.2, 0.25) is 0 Å². The fourth-order valence-corrected chi connectivity index (χ4v) is 1.85. The number of unbranched alkanes of at least 4 members (excludes halogenated alkanes) is 1. The maximum atomic E-state index is 11.8. The molecule has 0 saturated heterocycles. The molecule has 0 aromatic heterocycles. The highest BCUT2D eigenvalue weighted by Crippen LogP contribution is 2.34. The average molecular weight is 232 g/mol. The Morgan fingerprint density at radius 1 is 1.29 bits per heavy atom. The van der Waals surface area contributed by atoms with Gasteiger partial charge in [0.05, 0.1) is 0 Å². The maximum absolute atomic E-state index is 11.8. The molecule has 1 N–H and O–H groups in total. The number of ketones is 1. The summed E-state index contributed by atoms with van der Waals surface area (Å²) in [5.74, 6) is -1.64. The van der Waals surface area contributed by atoms with Crippen LogP contribution in [0.4, 0.5) is 0 Å². The quantitative estimate of drug-likeness (QED) is 0.867. The number of carbonyl (C=O) groups is 1. The molecular weight excluding hydrogens is 216 g/mol. The van der Waals surface area contributed by atoms with Crippen LogP contribution in [-0.4, -0.2) is 10.9 Å². The summed E-state index contributed by atoms with van der Waals surface area (Å²) < 4.78 is 5.42. The van der Waals surface area contributed by atoms with E-state index in [4.69, 9.17) is 4.74 Å². The minimum Gasteiger partial charge on any atom is -0.455 e. The van der Waals surface area contributed by atoms with E-state index in [1.165, 1.54) is 6.08 Å². The highest BCUT2D eigenvalue weighted by molar-refractivity contribution is 5.98. The van der Waals surface area contributed by atoms with Crippen molar-refractivity contribution in [1.82, 2.24) is 0 Å². The fourth-order valence-electron chi connectivity index (χ4n) is 1.85. The normalized spacial score (nSPS) is 23.4. The minimum atomic E-state index is -1.82. The van der Waals surface area contributed by atoms with Crippen molar-refractivity contribution in [2.24, 2.45) is 0 Å². The summed E-state index contributed by atoms with van der Waals surface area (Å²) in [6.45, 7) is 2.07. The zero-order valence-corrected chi connectivity index (χ0v) is 9.85. The van der Waals surface area contributed by atoms with E-state index < -0.39 is 11.6 Å². The SMILES string of the molecule is CCCCC1=CC(=O)C(O)(c2ccccc2)O1. The molecular formula is C14H16O3. The minimum absolute atomic E-state index is 0.394. The maximum Gasteiger partial charge on any atom is 0.299 e. The Bertz CT molecular complexity index is 436. The zero-order valence-electron chi connectivity index (χ0n) is 9.85. The van der Waals surface area contributed by atoms with Gasteiger partial charge < -0.3 is 9.84 Å². The molecule has 0 spiro atoms. The topological polar surface area (TPSA) is 46.5 Å². The van der Waals surface area contributed by atoms with Gasteiger partial charge in [0.1, 0.15) is 5.76 Å². The van der Waals surface area contributed by atoms with Gasteiger partial charge in [0, 0.05) is 18.1 Å². The first-order chi connectivity index (χ1) is 8.16. The molecule has 1 unspecified atom stereocenters. The fraction of sp³-hybridized carbons (Fsp3) is 0.357. The van der Waals surface area contributed by atoms with E-state index in [1.54, 1.807) is 24.3 Å². The monoisotopic (exact) mass is 232 g/mol. The first-order valence-corrected chi connectivity index (χ1v) is 5.88. The molecule has 1 aromatic rings. The largest absolute Gasteiger partial charge is 0.455 e. The van der Waals surface area contributed by atoms with Gasteiger partial charge in [-0.1, -0.05) is 43.7 Å². The van der Waals surface area contributed by atoms with E-state index in [1.807, 2.05) is 6.07 Å². The number of aliphatic hydroxyl groups is 1. The number of hydrogen-bond donors (Lipinski definition) is 1. The molecule has 3 nitrogen and oxygen atoms in total. The second-order valence-electron chi connectivity index (χ2n) is 4.19. The second-order valence-corrected chi connectivity index (χ2v) is 4.19. The lowest BCUT2D eigenvalue weighted by Crippen LogP contribution is -2.33. The Morgan fingerprint density at radius 3 is 2.65 bits per heavy atom. The van der Waals surface area contributed by atoms with Crippen molar-refractivity contribution in [3.63, 3.8) is 0 Å². The van der Waals surface area contributed by atoms with E-state index >= 15 is 0 Å². The van der Waals surface area contributed by atoms with Crippen LogP contribution in [0, 0.1) is 0 Å². The van der Waals surface area contributed by atoms with Crippen LogP contribution in [0.15, 0.2) is 42.2 Å². The summed E-state index contributed by atoms with van der Waals surface area (Å²) in [4.78, 5) is 11.8. The summed E-state index contributed by atoms with van der Waals surface area (Å²) in [5, 5.41) is 10.3. The van der Waals surface area contributed by atoms with Crippen molar-refractivity contribution in [3.8, 4) is 0 Å². The van der Waals surface area contributed by atoms with Gasteiger partial charge in [0.25, 0.3) is 5.79 Å². The molecule has 0 aliphatic carbocycles. The summed E-state index contributed by atoms with van der Waals surface area (Å²) in [6.07, 6.45) is 4.07. The molecule has 1 heterocycles. The van der Waals surface area contributed by atoms with Gasteiger partial charge in [-0.15, -0.1) is 0 Å². The number of allylic oxidation sites excluding steroid dienone is 1. The highest BCUT2D eigenvalue weighted by atomic mass is 16.6. The Balaban J connectivity index is 2.17. The lowest BCUT2D eigenvalue weighted by atomic mass is 10.0. The summed E-state index contributed by atoms with van der Waals surface area (Å²) in [6, 6.07) is 8.75. The van der Waals surface area contributed by atoms with Crippen molar-refractivity contribution < 1.29 is 14.6 Å². The smallest absolute Gasteiger partial charge is 0.299 e. The zero-order chi connectivity index (χ0) is 12.3. The first-order valence-electron chi connectivity index (χ1n) is 5.88. The second kappa shape index (κ2) is 4.72. The summed E-state index contributed by atoms with van der Waals surface area (Å²) in [5.41, 5.74) is 0.479. The lowest BCUT2D eigenvalue weighted by Gasteiger charge is -2.22. The summed E-state index contributed by atoms with van der Waals surface area (Å²) >= 11 is 0. The van der Waals surface area contributed by atoms with E-state index in [9.17, 15) is 9.90 Å². The third kappa shape index (κ3) is 2.24. The third-order valence-electron chi connectivity index (χ3n) is 2.85. The number of carbonyl (C=O) groups excluding carboxylic acids is 1. The van der Waals surface area contributed by atoms with E-state index in [-0.39, 0.29) is 0 Å². The van der Waals surface area contributed by atoms with Crippen LogP contribution in [0.3, 0.4) is 0 Å². The number of ether oxygens (including phenoxy) is 1. The molecule has 0 amide bonds. The van der Waals surface area contributed by atoms with Crippen molar-refractivity contribution in [2.45, 2.75) is 32.0 Å². The summed E-state index contributed by atoms with van der Waals surface area (Å²) in [7, 11) is 0. The Hall–Kier alpha value is -1.61. The van der Waals surface area contributed by atoms with Crippen molar-refractivity contribution in [2.75, 3.05) is 0 Å². The van der Waals surface area contributed by atoms with Crippen LogP contribution in [0.1, 0.15) is 31.7 Å². The molecule has 0 saturated carbocycles. The van der Waals surface area contributed by atoms with Crippen molar-refractivity contribution in [3.05, 3.63) is 47.7 Å². The standard InChI is InChI=1S/C14H16O3/c1-2-3-9-12-10-13(15)14(16,17-12)11-7-5-4-6-8-11/h4-8,10,16H,2-3,9H2,1H3.